The van der Waals surface area contributed by atoms with Crippen LogP contribution in [-0.2, 0) is 26.5 Å². The largest absolute Gasteiger partial charge is 0.332 e. The SMILES string of the molecule is [2H]C([2H])([2H])c1ccc(-c2[c-]cccc2)nc1.[2H]C([2H])(c1ccc2s[c-]c(-c3nc4ccccc4n3-c3c(-c4ccccc4)cc(C)cc3-c3ccccc3)c2c1)C(C)C.[Ir]. The average molecular weight is 913 g/mol. The van der Waals surface area contributed by atoms with Crippen LogP contribution in [0.4, 0.5) is 0 Å². The fraction of sp³-hybridized carbons (Fsp3) is 0.120. The van der Waals surface area contributed by atoms with Crippen molar-refractivity contribution in [3.8, 4) is 50.6 Å². The van der Waals surface area contributed by atoms with Gasteiger partial charge in [-0.3, -0.25) is 16.3 Å². The number of nitrogens with zero attached hydrogens (tertiary/aromatic N) is 3. The second-order valence-electron chi connectivity index (χ2n) is 13.5. The van der Waals surface area contributed by atoms with Crippen LogP contribution in [0, 0.1) is 31.1 Å². The second-order valence-corrected chi connectivity index (χ2v) is 14.3. The van der Waals surface area contributed by atoms with Crippen LogP contribution in [0.15, 0.2) is 158 Å². The van der Waals surface area contributed by atoms with Crippen molar-refractivity contribution in [2.45, 2.75) is 34.0 Å². The smallest absolute Gasteiger partial charge is 0.0774 e. The number of benzene rings is 6. The molecule has 0 aliphatic heterocycles. The van der Waals surface area contributed by atoms with Crippen molar-refractivity contribution < 1.29 is 27.0 Å². The van der Waals surface area contributed by atoms with E-state index in [1.54, 1.807) is 29.5 Å². The molecule has 0 unspecified atom stereocenters. The molecule has 6 aromatic carbocycles. The number of aromatic nitrogens is 3. The molecule has 0 amide bonds. The van der Waals surface area contributed by atoms with Gasteiger partial charge in [0.25, 0.3) is 0 Å². The molecule has 9 rings (SSSR count). The van der Waals surface area contributed by atoms with Gasteiger partial charge in [-0.1, -0.05) is 132 Å². The Bertz CT molecular complexity index is 2810. The van der Waals surface area contributed by atoms with Gasteiger partial charge < -0.3 is 9.55 Å². The summed E-state index contributed by atoms with van der Waals surface area (Å²) in [7, 11) is 0. The normalized spacial score (nSPS) is 12.8. The Morgan fingerprint density at radius 3 is 2.09 bits per heavy atom. The van der Waals surface area contributed by atoms with Crippen molar-refractivity contribution in [2.24, 2.45) is 5.92 Å². The van der Waals surface area contributed by atoms with Crippen molar-refractivity contribution >= 4 is 32.5 Å². The predicted octanol–water partition coefficient (Wildman–Crippen LogP) is 13.4. The van der Waals surface area contributed by atoms with Crippen molar-refractivity contribution in [3.63, 3.8) is 0 Å². The van der Waals surface area contributed by atoms with Gasteiger partial charge in [-0.05, 0) is 78.3 Å². The minimum atomic E-state index is -2.09. The molecule has 0 N–H and O–H groups in total. The van der Waals surface area contributed by atoms with Crippen LogP contribution >= 0.6 is 11.3 Å². The Balaban J connectivity index is 0.000000270. The number of para-hydroxylation sites is 2. The molecular formula is C50H41IrN3S-2. The van der Waals surface area contributed by atoms with Gasteiger partial charge in [0.1, 0.15) is 0 Å². The van der Waals surface area contributed by atoms with Gasteiger partial charge in [-0.15, -0.1) is 47.3 Å². The maximum absolute atomic E-state index is 8.80. The van der Waals surface area contributed by atoms with Gasteiger partial charge in [0.05, 0.1) is 22.5 Å². The third kappa shape index (κ3) is 8.16. The summed E-state index contributed by atoms with van der Waals surface area (Å²) in [5.74, 6) is 0.642. The summed E-state index contributed by atoms with van der Waals surface area (Å²) in [5.41, 5.74) is 12.1. The number of rotatable bonds is 7. The van der Waals surface area contributed by atoms with Crippen molar-refractivity contribution in [1.29, 1.82) is 0 Å². The van der Waals surface area contributed by atoms with Crippen LogP contribution in [0.5, 0.6) is 0 Å². The van der Waals surface area contributed by atoms with E-state index < -0.39 is 13.2 Å². The van der Waals surface area contributed by atoms with E-state index in [9.17, 15) is 0 Å². The quantitative estimate of drug-likeness (QED) is 0.149. The van der Waals surface area contributed by atoms with E-state index in [0.29, 0.717) is 5.56 Å². The number of fused-ring (bicyclic) bond motifs is 2. The molecule has 3 heterocycles. The molecule has 273 valence electrons. The first kappa shape index (κ1) is 31.9. The minimum Gasteiger partial charge on any atom is -0.332 e. The molecule has 0 aliphatic carbocycles. The number of aryl methyl sites for hydroxylation is 2. The van der Waals surface area contributed by atoms with E-state index in [2.05, 4.69) is 119 Å². The molecule has 0 fully saturated rings. The van der Waals surface area contributed by atoms with E-state index in [0.717, 1.165) is 71.7 Å². The fourth-order valence-corrected chi connectivity index (χ4v) is 7.61. The monoisotopic (exact) mass is 913 g/mol. The summed E-state index contributed by atoms with van der Waals surface area (Å²) < 4.78 is 42.6. The van der Waals surface area contributed by atoms with E-state index in [1.165, 1.54) is 11.8 Å². The standard InChI is InChI=1S/C38H31N2S.C12H10N.Ir/c1-25(2)20-27-18-19-36-32(23-27)33(24-41-36)38-39-34-16-10-11-17-35(34)40(38)37-30(28-12-6-4-7-13-28)21-26(3)22-31(37)29-14-8-5-9-15-29;1-10-7-8-12(13-9-10)11-5-3-2-4-6-11;/h4-19,21-23,25H,20H2,1-3H3;2-5,7-9H,1H3;/q2*-1;/i20D2;1D3;. The van der Waals surface area contributed by atoms with E-state index in [1.807, 2.05) is 56.3 Å². The third-order valence-electron chi connectivity index (χ3n) is 9.15. The summed E-state index contributed by atoms with van der Waals surface area (Å²) in [6.07, 6.45) is -0.0609. The van der Waals surface area contributed by atoms with Gasteiger partial charge in [-0.25, -0.2) is 0 Å². The summed E-state index contributed by atoms with van der Waals surface area (Å²) in [6, 6.07) is 53.6. The topological polar surface area (TPSA) is 30.7 Å². The van der Waals surface area contributed by atoms with Gasteiger partial charge >= 0.3 is 0 Å². The third-order valence-corrected chi connectivity index (χ3v) is 10.0. The Morgan fingerprint density at radius 2 is 1.45 bits per heavy atom. The number of hydrogen-bond acceptors (Lipinski definition) is 3. The Morgan fingerprint density at radius 1 is 0.764 bits per heavy atom. The molecule has 1 radical (unpaired) electrons. The second kappa shape index (κ2) is 16.9. The van der Waals surface area contributed by atoms with Gasteiger partial charge in [0.2, 0.25) is 0 Å². The number of pyridine rings is 1. The van der Waals surface area contributed by atoms with Crippen molar-refractivity contribution in [2.75, 3.05) is 0 Å². The molecule has 0 saturated heterocycles. The molecule has 55 heavy (non-hydrogen) atoms. The zero-order chi connectivity index (χ0) is 41.3. The summed E-state index contributed by atoms with van der Waals surface area (Å²) in [5, 5.41) is 4.55. The van der Waals surface area contributed by atoms with Crippen molar-refractivity contribution in [3.05, 3.63) is 186 Å². The Kier molecular flexibility index (Phi) is 9.80. The molecule has 9 aromatic rings. The molecule has 0 aliphatic rings. The molecule has 0 atom stereocenters. The first-order chi connectivity index (χ1) is 28.4. The molecule has 0 bridgehead atoms. The Labute approximate surface area is 348 Å². The van der Waals surface area contributed by atoms with Crippen LogP contribution in [0.3, 0.4) is 0 Å². The molecule has 5 heteroatoms. The van der Waals surface area contributed by atoms with Crippen LogP contribution in [-0.4, -0.2) is 14.5 Å². The molecule has 3 aromatic heterocycles. The zero-order valence-corrected chi connectivity index (χ0v) is 33.9. The first-order valence-corrected chi connectivity index (χ1v) is 18.8. The summed E-state index contributed by atoms with van der Waals surface area (Å²) >= 11 is 1.55. The van der Waals surface area contributed by atoms with Gasteiger partial charge in [0.15, 0.2) is 0 Å². The molecule has 0 spiro atoms. The summed E-state index contributed by atoms with van der Waals surface area (Å²) in [6.45, 7) is 3.92. The first-order valence-electron chi connectivity index (χ1n) is 20.5. The number of thiophene rings is 1. The summed E-state index contributed by atoms with van der Waals surface area (Å²) in [4.78, 5) is 9.37. The molecule has 3 nitrogen and oxygen atoms in total. The van der Waals surface area contributed by atoms with Gasteiger partial charge in [-0.2, -0.15) is 0 Å². The predicted molar refractivity (Wildman–Crippen MR) is 228 cm³/mol. The van der Waals surface area contributed by atoms with Crippen LogP contribution in [0.2, 0.25) is 0 Å². The molecule has 0 saturated carbocycles. The van der Waals surface area contributed by atoms with Crippen molar-refractivity contribution in [1.82, 2.24) is 14.5 Å². The van der Waals surface area contributed by atoms with E-state index in [-0.39, 0.29) is 31.6 Å². The Hall–Kier alpha value is -5.45. The van der Waals surface area contributed by atoms with Gasteiger partial charge in [0, 0.05) is 44.3 Å². The average Bonchev–Trinajstić information content (AvgIpc) is 3.85. The number of hydrogen-bond donors (Lipinski definition) is 0. The number of imidazole rings is 1. The zero-order valence-electron chi connectivity index (χ0n) is 35.7. The van der Waals surface area contributed by atoms with Crippen LogP contribution in [0.1, 0.15) is 37.4 Å². The van der Waals surface area contributed by atoms with Crippen LogP contribution < -0.4 is 0 Å². The van der Waals surface area contributed by atoms with E-state index in [4.69, 9.17) is 11.8 Å². The van der Waals surface area contributed by atoms with Crippen LogP contribution in [0.25, 0.3) is 71.7 Å². The fourth-order valence-electron chi connectivity index (χ4n) is 6.79. The maximum Gasteiger partial charge on any atom is 0.0774 e. The molecular weight excluding hydrogens is 867 g/mol. The minimum absolute atomic E-state index is 0. The van der Waals surface area contributed by atoms with E-state index >= 15 is 0 Å². The maximum atomic E-state index is 8.80.